The summed E-state index contributed by atoms with van der Waals surface area (Å²) in [5.41, 5.74) is 1.96. The van der Waals surface area contributed by atoms with E-state index in [9.17, 15) is 4.79 Å². The van der Waals surface area contributed by atoms with E-state index in [0.717, 1.165) is 30.6 Å². The molecule has 3 rings (SSSR count). The molecule has 126 valence electrons. The lowest BCUT2D eigenvalue weighted by molar-refractivity contribution is 0.106. The van der Waals surface area contributed by atoms with E-state index in [4.69, 9.17) is 16.3 Å². The number of ether oxygens (including phenoxy) is 1. The van der Waals surface area contributed by atoms with Gasteiger partial charge in [-0.25, -0.2) is 4.79 Å². The van der Waals surface area contributed by atoms with Crippen LogP contribution in [0.25, 0.3) is 0 Å². The molecule has 1 saturated heterocycles. The van der Waals surface area contributed by atoms with E-state index in [1.165, 1.54) is 0 Å². The number of anilines is 1. The number of rotatable bonds is 3. The van der Waals surface area contributed by atoms with Crippen molar-refractivity contribution in [2.24, 2.45) is 0 Å². The van der Waals surface area contributed by atoms with Crippen LogP contribution in [-0.4, -0.2) is 35.1 Å². The average molecular weight is 346 g/mol. The Morgan fingerprint density at radius 2 is 2.12 bits per heavy atom. The molecule has 6 heteroatoms. The molecule has 0 saturated carbocycles. The first-order chi connectivity index (χ1) is 11.6. The van der Waals surface area contributed by atoms with Crippen molar-refractivity contribution < 1.29 is 9.53 Å². The van der Waals surface area contributed by atoms with Gasteiger partial charge in [0.05, 0.1) is 6.54 Å². The number of benzene rings is 1. The standard InChI is InChI=1S/C18H20ClN3O2/c1-13-4-6-14(7-5-13)21-18(23)22-10-2-3-15(12-22)24-17-8-9-20-11-16(17)19/h4-9,11,15H,2-3,10,12H2,1H3,(H,21,23). The number of pyridine rings is 1. The number of likely N-dealkylation sites (tertiary alicyclic amines) is 1. The number of nitrogens with one attached hydrogen (secondary N) is 1. The minimum atomic E-state index is -0.104. The van der Waals surface area contributed by atoms with Gasteiger partial charge in [0.15, 0.2) is 0 Å². The molecular formula is C18H20ClN3O2. The number of aromatic nitrogens is 1. The third-order valence-corrected chi connectivity index (χ3v) is 4.28. The second kappa shape index (κ2) is 7.53. The van der Waals surface area contributed by atoms with E-state index >= 15 is 0 Å². The van der Waals surface area contributed by atoms with Gasteiger partial charge >= 0.3 is 6.03 Å². The Kier molecular flexibility index (Phi) is 5.20. The SMILES string of the molecule is Cc1ccc(NC(=O)N2CCCC(Oc3ccncc3Cl)C2)cc1. The molecule has 1 fully saturated rings. The minimum Gasteiger partial charge on any atom is -0.487 e. The smallest absolute Gasteiger partial charge is 0.321 e. The van der Waals surface area contributed by atoms with Crippen LogP contribution in [0.2, 0.25) is 5.02 Å². The first-order valence-electron chi connectivity index (χ1n) is 8.00. The van der Waals surface area contributed by atoms with Gasteiger partial charge in [0, 0.05) is 30.7 Å². The highest BCUT2D eigenvalue weighted by molar-refractivity contribution is 6.31. The molecular weight excluding hydrogens is 326 g/mol. The molecule has 0 spiro atoms. The van der Waals surface area contributed by atoms with Crippen molar-refractivity contribution in [3.8, 4) is 5.75 Å². The molecule has 0 aliphatic carbocycles. The van der Waals surface area contributed by atoms with Crippen LogP contribution in [0.1, 0.15) is 18.4 Å². The molecule has 1 N–H and O–H groups in total. The number of carbonyl (C=O) groups excluding carboxylic acids is 1. The van der Waals surface area contributed by atoms with Crippen LogP contribution in [0.4, 0.5) is 10.5 Å². The monoisotopic (exact) mass is 345 g/mol. The predicted molar refractivity (Wildman–Crippen MR) is 94.7 cm³/mol. The first kappa shape index (κ1) is 16.6. The summed E-state index contributed by atoms with van der Waals surface area (Å²) in [5.74, 6) is 0.609. The Hall–Kier alpha value is -2.27. The van der Waals surface area contributed by atoms with Crippen LogP contribution in [0.3, 0.4) is 0 Å². The normalized spacial score (nSPS) is 17.4. The van der Waals surface area contributed by atoms with Gasteiger partial charge in [-0.15, -0.1) is 0 Å². The van der Waals surface area contributed by atoms with Crippen LogP contribution < -0.4 is 10.1 Å². The molecule has 1 aliphatic heterocycles. The van der Waals surface area contributed by atoms with Gasteiger partial charge in [-0.2, -0.15) is 0 Å². The molecule has 1 aliphatic rings. The lowest BCUT2D eigenvalue weighted by Gasteiger charge is -2.33. The fraction of sp³-hybridized carbons (Fsp3) is 0.333. The van der Waals surface area contributed by atoms with E-state index in [1.54, 1.807) is 23.4 Å². The lowest BCUT2D eigenvalue weighted by Crippen LogP contribution is -2.46. The topological polar surface area (TPSA) is 54.5 Å². The van der Waals surface area contributed by atoms with Crippen LogP contribution in [0.5, 0.6) is 5.75 Å². The summed E-state index contributed by atoms with van der Waals surface area (Å²) in [7, 11) is 0. The zero-order valence-electron chi connectivity index (χ0n) is 13.5. The number of urea groups is 1. The van der Waals surface area contributed by atoms with Gasteiger partial charge < -0.3 is 15.0 Å². The molecule has 0 radical (unpaired) electrons. The van der Waals surface area contributed by atoms with E-state index in [1.807, 2.05) is 31.2 Å². The minimum absolute atomic E-state index is 0.0672. The lowest BCUT2D eigenvalue weighted by atomic mass is 10.1. The predicted octanol–water partition coefficient (Wildman–Crippen LogP) is 4.12. The van der Waals surface area contributed by atoms with Crippen molar-refractivity contribution in [1.29, 1.82) is 0 Å². The Labute approximate surface area is 146 Å². The van der Waals surface area contributed by atoms with Crippen molar-refractivity contribution in [1.82, 2.24) is 9.88 Å². The van der Waals surface area contributed by atoms with Gasteiger partial charge in [0.25, 0.3) is 0 Å². The molecule has 1 atom stereocenters. The van der Waals surface area contributed by atoms with Gasteiger partial charge in [-0.05, 0) is 31.9 Å². The largest absolute Gasteiger partial charge is 0.487 e. The molecule has 0 bridgehead atoms. The molecule has 1 aromatic carbocycles. The molecule has 2 amide bonds. The third kappa shape index (κ3) is 4.17. The Balaban J connectivity index is 1.59. The number of halogens is 1. The molecule has 24 heavy (non-hydrogen) atoms. The van der Waals surface area contributed by atoms with Gasteiger partial charge in [0.2, 0.25) is 0 Å². The second-order valence-corrected chi connectivity index (χ2v) is 6.34. The summed E-state index contributed by atoms with van der Waals surface area (Å²) in [4.78, 5) is 18.2. The number of carbonyl (C=O) groups is 1. The maximum Gasteiger partial charge on any atom is 0.321 e. The summed E-state index contributed by atoms with van der Waals surface area (Å²) < 4.78 is 5.94. The maximum absolute atomic E-state index is 12.4. The number of piperidine rings is 1. The van der Waals surface area contributed by atoms with E-state index < -0.39 is 0 Å². The van der Waals surface area contributed by atoms with Crippen molar-refractivity contribution in [2.75, 3.05) is 18.4 Å². The fourth-order valence-electron chi connectivity index (χ4n) is 2.70. The van der Waals surface area contributed by atoms with Gasteiger partial charge in [0.1, 0.15) is 16.9 Å². The number of amides is 2. The van der Waals surface area contributed by atoms with Crippen LogP contribution >= 0.6 is 11.6 Å². The summed E-state index contributed by atoms with van der Waals surface area (Å²) >= 11 is 6.08. The average Bonchev–Trinajstić information content (AvgIpc) is 2.59. The quantitative estimate of drug-likeness (QED) is 0.910. The Morgan fingerprint density at radius 3 is 2.88 bits per heavy atom. The number of hydrogen-bond donors (Lipinski definition) is 1. The van der Waals surface area contributed by atoms with Crippen LogP contribution in [0.15, 0.2) is 42.7 Å². The summed E-state index contributed by atoms with van der Waals surface area (Å²) in [6.45, 7) is 3.28. The molecule has 2 aromatic rings. The highest BCUT2D eigenvalue weighted by atomic mass is 35.5. The molecule has 2 heterocycles. The van der Waals surface area contributed by atoms with Gasteiger partial charge in [-0.3, -0.25) is 4.98 Å². The summed E-state index contributed by atoms with van der Waals surface area (Å²) in [5, 5.41) is 3.41. The van der Waals surface area contributed by atoms with E-state index in [0.29, 0.717) is 17.3 Å². The molecule has 1 unspecified atom stereocenters. The highest BCUT2D eigenvalue weighted by Crippen LogP contribution is 2.25. The van der Waals surface area contributed by atoms with Crippen LogP contribution in [0, 0.1) is 6.92 Å². The van der Waals surface area contributed by atoms with Crippen molar-refractivity contribution in [3.05, 3.63) is 53.3 Å². The molecule has 1 aromatic heterocycles. The zero-order valence-corrected chi connectivity index (χ0v) is 14.3. The Bertz CT molecular complexity index is 706. The maximum atomic E-state index is 12.4. The second-order valence-electron chi connectivity index (χ2n) is 5.93. The summed E-state index contributed by atoms with van der Waals surface area (Å²) in [6.07, 6.45) is 4.93. The van der Waals surface area contributed by atoms with Crippen LogP contribution in [-0.2, 0) is 0 Å². The summed E-state index contributed by atoms with van der Waals surface area (Å²) in [6, 6.07) is 9.40. The zero-order chi connectivity index (χ0) is 16.9. The third-order valence-electron chi connectivity index (χ3n) is 4.00. The number of nitrogens with zero attached hydrogens (tertiary/aromatic N) is 2. The van der Waals surface area contributed by atoms with E-state index in [-0.39, 0.29) is 12.1 Å². The highest BCUT2D eigenvalue weighted by Gasteiger charge is 2.25. The fourth-order valence-corrected chi connectivity index (χ4v) is 2.86. The number of aryl methyl sites for hydroxylation is 1. The van der Waals surface area contributed by atoms with Crippen molar-refractivity contribution in [2.45, 2.75) is 25.9 Å². The number of hydrogen-bond acceptors (Lipinski definition) is 3. The Morgan fingerprint density at radius 1 is 1.33 bits per heavy atom. The molecule has 5 nitrogen and oxygen atoms in total. The van der Waals surface area contributed by atoms with Gasteiger partial charge in [-0.1, -0.05) is 29.3 Å². The van der Waals surface area contributed by atoms with E-state index in [2.05, 4.69) is 10.3 Å². The van der Waals surface area contributed by atoms with Crippen molar-refractivity contribution >= 4 is 23.3 Å². The van der Waals surface area contributed by atoms with Crippen molar-refractivity contribution in [3.63, 3.8) is 0 Å². The first-order valence-corrected chi connectivity index (χ1v) is 8.38.